The van der Waals surface area contributed by atoms with Gasteiger partial charge in [-0.2, -0.15) is 0 Å². The van der Waals surface area contributed by atoms with E-state index in [0.29, 0.717) is 18.6 Å². The molecule has 0 unspecified atom stereocenters. The van der Waals surface area contributed by atoms with Crippen molar-refractivity contribution in [1.82, 2.24) is 0 Å². The highest BCUT2D eigenvalue weighted by atomic mass is 79.9. The number of carbonyl (C=O) groups is 1. The molecule has 0 aliphatic carbocycles. The predicted octanol–water partition coefficient (Wildman–Crippen LogP) is 2.79. The van der Waals surface area contributed by atoms with Crippen LogP contribution in [0.5, 0.6) is 5.75 Å². The fourth-order valence-corrected chi connectivity index (χ4v) is 3.41. The van der Waals surface area contributed by atoms with E-state index >= 15 is 0 Å². The topological polar surface area (TPSA) is 69.4 Å². The Morgan fingerprint density at radius 1 is 0.967 bits per heavy atom. The molecule has 0 fully saturated rings. The summed E-state index contributed by atoms with van der Waals surface area (Å²) in [7, 11) is 4.38. The summed E-state index contributed by atoms with van der Waals surface area (Å²) in [6.45, 7) is 4.65. The molecule has 0 radical (unpaired) electrons. The first-order chi connectivity index (χ1) is 13.9. The molecular weight excluding hydrogens is 448 g/mol. The molecule has 1 aromatic rings. The van der Waals surface area contributed by atoms with Crippen LogP contribution in [0.15, 0.2) is 18.2 Å². The fourth-order valence-electron chi connectivity index (χ4n) is 3.41. The standard InChI is InChI=1S/C23H39N2O4.BrH/c1-4-5-6-7-8-9-10-11-12-13-16-25(2,3)17-18-29-23-15-14-22(24(27)28)19-21(23)20-26;/h14-15,19-20H,4-13,16-18H2,1-3H3;1H/q+1;/p-1. The monoisotopic (exact) mass is 486 g/mol. The van der Waals surface area contributed by atoms with Gasteiger partial charge in [-0.05, 0) is 18.9 Å². The highest BCUT2D eigenvalue weighted by Gasteiger charge is 2.16. The summed E-state index contributed by atoms with van der Waals surface area (Å²) >= 11 is 0. The minimum atomic E-state index is -0.511. The molecule has 0 aromatic heterocycles. The Kier molecular flexibility index (Phi) is 15.5. The molecule has 0 aliphatic rings. The Morgan fingerprint density at radius 2 is 1.53 bits per heavy atom. The lowest BCUT2D eigenvalue weighted by molar-refractivity contribution is -0.890. The van der Waals surface area contributed by atoms with Gasteiger partial charge < -0.3 is 26.2 Å². The maximum atomic E-state index is 11.2. The van der Waals surface area contributed by atoms with Crippen molar-refractivity contribution in [2.75, 3.05) is 33.8 Å². The van der Waals surface area contributed by atoms with E-state index in [4.69, 9.17) is 4.74 Å². The number of quaternary nitrogens is 1. The number of nitro benzene ring substituents is 1. The van der Waals surface area contributed by atoms with Crippen molar-refractivity contribution in [3.63, 3.8) is 0 Å². The number of ether oxygens (including phenoxy) is 1. The lowest BCUT2D eigenvalue weighted by atomic mass is 10.1. The Bertz CT molecular complexity index is 623. The van der Waals surface area contributed by atoms with Crippen molar-refractivity contribution in [1.29, 1.82) is 0 Å². The average molecular weight is 487 g/mol. The van der Waals surface area contributed by atoms with Crippen molar-refractivity contribution in [2.24, 2.45) is 0 Å². The number of aldehydes is 1. The zero-order valence-corrected chi connectivity index (χ0v) is 20.5. The molecule has 0 heterocycles. The first-order valence-corrected chi connectivity index (χ1v) is 11.1. The molecule has 0 saturated carbocycles. The van der Waals surface area contributed by atoms with Gasteiger partial charge in [0, 0.05) is 12.1 Å². The molecule has 7 heteroatoms. The summed E-state index contributed by atoms with van der Waals surface area (Å²) in [6.07, 6.45) is 13.9. The van der Waals surface area contributed by atoms with Gasteiger partial charge in [-0.1, -0.05) is 58.3 Å². The molecule has 172 valence electrons. The number of hydrogen-bond acceptors (Lipinski definition) is 4. The minimum Gasteiger partial charge on any atom is -1.00 e. The van der Waals surface area contributed by atoms with Crippen LogP contribution in [-0.4, -0.2) is 49.5 Å². The molecule has 0 amide bonds. The molecule has 1 rings (SSSR count). The van der Waals surface area contributed by atoms with E-state index in [1.165, 1.54) is 82.4 Å². The van der Waals surface area contributed by atoms with E-state index in [1.807, 2.05) is 0 Å². The van der Waals surface area contributed by atoms with Gasteiger partial charge in [0.15, 0.2) is 6.29 Å². The van der Waals surface area contributed by atoms with Crippen LogP contribution in [0.4, 0.5) is 5.69 Å². The van der Waals surface area contributed by atoms with E-state index in [1.54, 1.807) is 0 Å². The largest absolute Gasteiger partial charge is 1.00 e. The van der Waals surface area contributed by atoms with Crippen molar-refractivity contribution in [3.8, 4) is 5.75 Å². The molecule has 0 spiro atoms. The summed E-state index contributed by atoms with van der Waals surface area (Å²) in [5, 5.41) is 10.8. The molecule has 0 bridgehead atoms. The van der Waals surface area contributed by atoms with E-state index in [2.05, 4.69) is 21.0 Å². The second-order valence-electron chi connectivity index (χ2n) is 8.51. The lowest BCUT2D eigenvalue weighted by Gasteiger charge is -2.29. The average Bonchev–Trinajstić information content (AvgIpc) is 2.69. The Hall–Kier alpha value is -1.47. The van der Waals surface area contributed by atoms with Crippen LogP contribution in [0, 0.1) is 10.1 Å². The molecule has 6 nitrogen and oxygen atoms in total. The molecule has 1 aromatic carbocycles. The molecule has 30 heavy (non-hydrogen) atoms. The summed E-state index contributed by atoms with van der Waals surface area (Å²) < 4.78 is 6.59. The van der Waals surface area contributed by atoms with E-state index in [-0.39, 0.29) is 28.2 Å². The summed E-state index contributed by atoms with van der Waals surface area (Å²) in [6, 6.07) is 4.13. The second-order valence-corrected chi connectivity index (χ2v) is 8.51. The van der Waals surface area contributed by atoms with Crippen LogP contribution < -0.4 is 21.7 Å². The van der Waals surface area contributed by atoms with Crippen molar-refractivity contribution in [2.45, 2.75) is 71.1 Å². The lowest BCUT2D eigenvalue weighted by Crippen LogP contribution is -3.00. The van der Waals surface area contributed by atoms with Crippen molar-refractivity contribution < 1.29 is 35.9 Å². The van der Waals surface area contributed by atoms with E-state index < -0.39 is 4.92 Å². The third-order valence-electron chi connectivity index (χ3n) is 5.40. The number of unbranched alkanes of at least 4 members (excludes halogenated alkanes) is 9. The number of benzene rings is 1. The van der Waals surface area contributed by atoms with Crippen LogP contribution in [0.1, 0.15) is 81.5 Å². The van der Waals surface area contributed by atoms with Gasteiger partial charge >= 0.3 is 0 Å². The molecule has 0 N–H and O–H groups in total. The van der Waals surface area contributed by atoms with Gasteiger partial charge in [-0.25, -0.2) is 0 Å². The summed E-state index contributed by atoms with van der Waals surface area (Å²) in [5.74, 6) is 0.407. The number of hydrogen-bond donors (Lipinski definition) is 0. The minimum absolute atomic E-state index is 0. The van der Waals surface area contributed by atoms with Crippen LogP contribution in [0.25, 0.3) is 0 Å². The maximum absolute atomic E-state index is 11.2. The summed E-state index contributed by atoms with van der Waals surface area (Å²) in [5.41, 5.74) is 0.121. The number of carbonyl (C=O) groups excluding carboxylic acids is 1. The van der Waals surface area contributed by atoms with Crippen LogP contribution in [0.3, 0.4) is 0 Å². The van der Waals surface area contributed by atoms with Crippen molar-refractivity contribution in [3.05, 3.63) is 33.9 Å². The van der Waals surface area contributed by atoms with Gasteiger partial charge in [0.25, 0.3) is 5.69 Å². The van der Waals surface area contributed by atoms with Crippen LogP contribution in [0.2, 0.25) is 0 Å². The zero-order valence-electron chi connectivity index (χ0n) is 18.9. The molecular formula is C23H39BrN2O4. The van der Waals surface area contributed by atoms with Gasteiger partial charge in [-0.3, -0.25) is 14.9 Å². The first-order valence-electron chi connectivity index (χ1n) is 11.1. The van der Waals surface area contributed by atoms with Crippen LogP contribution in [-0.2, 0) is 0 Å². The van der Waals surface area contributed by atoms with E-state index in [9.17, 15) is 14.9 Å². The van der Waals surface area contributed by atoms with Gasteiger partial charge in [0.05, 0.1) is 31.1 Å². The number of non-ortho nitro benzene ring substituents is 1. The predicted molar refractivity (Wildman–Crippen MR) is 118 cm³/mol. The van der Waals surface area contributed by atoms with Crippen molar-refractivity contribution >= 4 is 12.0 Å². The van der Waals surface area contributed by atoms with Gasteiger partial charge in [0.1, 0.15) is 18.9 Å². The molecule has 0 aliphatic heterocycles. The summed E-state index contributed by atoms with van der Waals surface area (Å²) in [4.78, 5) is 21.5. The quantitative estimate of drug-likeness (QED) is 0.111. The SMILES string of the molecule is CCCCCCCCCCCC[N+](C)(C)CCOc1ccc([N+](=O)[O-])cc1C=O.[Br-]. The van der Waals surface area contributed by atoms with Crippen LogP contribution >= 0.6 is 0 Å². The number of likely N-dealkylation sites (N-methyl/N-ethyl adjacent to an activating group) is 1. The van der Waals surface area contributed by atoms with E-state index in [0.717, 1.165) is 17.6 Å². The third-order valence-corrected chi connectivity index (χ3v) is 5.40. The normalized spacial score (nSPS) is 11.0. The van der Waals surface area contributed by atoms with Gasteiger partial charge in [0.2, 0.25) is 0 Å². The zero-order chi connectivity index (χ0) is 21.5. The Morgan fingerprint density at radius 3 is 2.07 bits per heavy atom. The molecule has 0 atom stereocenters. The number of halogens is 1. The first kappa shape index (κ1) is 28.5. The number of rotatable bonds is 17. The number of nitro groups is 1. The number of nitrogens with zero attached hydrogens (tertiary/aromatic N) is 2. The molecule has 0 saturated heterocycles. The Balaban J connectivity index is 0.00000841. The maximum Gasteiger partial charge on any atom is 0.270 e. The van der Waals surface area contributed by atoms with Gasteiger partial charge in [-0.15, -0.1) is 0 Å². The highest BCUT2D eigenvalue weighted by Crippen LogP contribution is 2.23. The Labute approximate surface area is 192 Å². The fraction of sp³-hybridized carbons (Fsp3) is 0.696. The second kappa shape index (κ2) is 16.3. The third kappa shape index (κ3) is 12.3. The smallest absolute Gasteiger partial charge is 0.270 e. The highest BCUT2D eigenvalue weighted by molar-refractivity contribution is 5.80.